The number of carbonyl (C=O) groups excluding carboxylic acids is 1. The minimum atomic E-state index is -0.287. The molecule has 3 nitrogen and oxygen atoms in total. The number of carbonyl (C=O) groups is 1. The number of ether oxygens (including phenoxy) is 1. The number of hydrogen-bond donors (Lipinski definition) is 1. The highest BCUT2D eigenvalue weighted by atomic mass is 16.5. The van der Waals surface area contributed by atoms with Gasteiger partial charge in [0.1, 0.15) is 0 Å². The van der Waals surface area contributed by atoms with Gasteiger partial charge in [0.25, 0.3) is 0 Å². The van der Waals surface area contributed by atoms with Crippen LogP contribution >= 0.6 is 0 Å². The van der Waals surface area contributed by atoms with E-state index in [1.54, 1.807) is 0 Å². The van der Waals surface area contributed by atoms with Gasteiger partial charge < -0.3 is 10.1 Å². The summed E-state index contributed by atoms with van der Waals surface area (Å²) < 4.78 is 5.31. The highest BCUT2D eigenvalue weighted by molar-refractivity contribution is 5.76. The second-order valence-corrected chi connectivity index (χ2v) is 4.68. The Morgan fingerprint density at radius 2 is 2.27 bits per heavy atom. The van der Waals surface area contributed by atoms with Gasteiger partial charge in [0.05, 0.1) is 12.0 Å². The van der Waals surface area contributed by atoms with Gasteiger partial charge in [-0.2, -0.15) is 0 Å². The molecule has 15 heavy (non-hydrogen) atoms. The van der Waals surface area contributed by atoms with Crippen molar-refractivity contribution in [2.24, 2.45) is 5.41 Å². The molecule has 1 fully saturated rings. The highest BCUT2D eigenvalue weighted by Gasteiger charge is 2.35. The van der Waals surface area contributed by atoms with Crippen molar-refractivity contribution in [3.8, 4) is 0 Å². The van der Waals surface area contributed by atoms with Crippen LogP contribution in [-0.2, 0) is 9.53 Å². The molecule has 1 N–H and O–H groups in total. The van der Waals surface area contributed by atoms with Crippen molar-refractivity contribution in [1.82, 2.24) is 5.32 Å². The van der Waals surface area contributed by atoms with Crippen LogP contribution in [0, 0.1) is 5.41 Å². The molecule has 0 amide bonds. The first-order valence-electron chi connectivity index (χ1n) is 6.07. The van der Waals surface area contributed by atoms with Gasteiger partial charge in [0.2, 0.25) is 0 Å². The summed E-state index contributed by atoms with van der Waals surface area (Å²) in [4.78, 5) is 11.8. The van der Waals surface area contributed by atoms with Gasteiger partial charge >= 0.3 is 5.97 Å². The molecule has 0 saturated carbocycles. The Kier molecular flexibility index (Phi) is 5.09. The Morgan fingerprint density at radius 3 is 2.87 bits per heavy atom. The van der Waals surface area contributed by atoms with E-state index in [1.165, 1.54) is 0 Å². The van der Waals surface area contributed by atoms with Crippen LogP contribution in [0.2, 0.25) is 0 Å². The van der Waals surface area contributed by atoms with Crippen molar-refractivity contribution in [3.05, 3.63) is 0 Å². The highest BCUT2D eigenvalue weighted by Crippen LogP contribution is 2.26. The molecule has 1 heterocycles. The summed E-state index contributed by atoms with van der Waals surface area (Å²) in [7, 11) is 0. The maximum Gasteiger partial charge on any atom is 0.313 e. The number of rotatable bonds is 5. The molecular formula is C12H23NO2. The van der Waals surface area contributed by atoms with Crippen molar-refractivity contribution in [2.45, 2.75) is 46.0 Å². The Bertz CT molecular complexity index is 198. The van der Waals surface area contributed by atoms with Crippen LogP contribution in [0.5, 0.6) is 0 Å². The molecule has 0 bridgehead atoms. The predicted molar refractivity (Wildman–Crippen MR) is 60.7 cm³/mol. The molecule has 0 aromatic heterocycles. The fraction of sp³-hybridized carbons (Fsp3) is 0.917. The van der Waals surface area contributed by atoms with Crippen LogP contribution in [0.25, 0.3) is 0 Å². The van der Waals surface area contributed by atoms with E-state index < -0.39 is 0 Å². The number of piperidine rings is 1. The van der Waals surface area contributed by atoms with E-state index in [2.05, 4.69) is 12.2 Å². The maximum absolute atomic E-state index is 11.8. The van der Waals surface area contributed by atoms with E-state index in [1.807, 2.05) is 6.92 Å². The van der Waals surface area contributed by atoms with Crippen LogP contribution in [-0.4, -0.2) is 25.7 Å². The summed E-state index contributed by atoms with van der Waals surface area (Å²) in [6.45, 7) is 6.52. The van der Waals surface area contributed by atoms with Gasteiger partial charge in [0, 0.05) is 6.54 Å². The lowest BCUT2D eigenvalue weighted by atomic mass is 9.83. The van der Waals surface area contributed by atoms with E-state index in [0.29, 0.717) is 6.61 Å². The fourth-order valence-corrected chi connectivity index (χ4v) is 1.92. The third-order valence-corrected chi connectivity index (χ3v) is 3.07. The van der Waals surface area contributed by atoms with Crippen molar-refractivity contribution in [3.63, 3.8) is 0 Å². The third-order valence-electron chi connectivity index (χ3n) is 3.07. The Morgan fingerprint density at radius 1 is 1.47 bits per heavy atom. The average Bonchev–Trinajstić information content (AvgIpc) is 2.25. The molecule has 1 aliphatic rings. The summed E-state index contributed by atoms with van der Waals surface area (Å²) in [5.74, 6) is -0.0224. The first kappa shape index (κ1) is 12.5. The second kappa shape index (κ2) is 6.11. The molecular weight excluding hydrogens is 190 g/mol. The zero-order valence-electron chi connectivity index (χ0n) is 9.97. The van der Waals surface area contributed by atoms with Gasteiger partial charge in [0.15, 0.2) is 0 Å². The van der Waals surface area contributed by atoms with Crippen LogP contribution in [0.4, 0.5) is 0 Å². The minimum Gasteiger partial charge on any atom is -0.465 e. The third kappa shape index (κ3) is 3.82. The molecule has 0 spiro atoms. The second-order valence-electron chi connectivity index (χ2n) is 4.68. The van der Waals surface area contributed by atoms with Crippen LogP contribution in [0.15, 0.2) is 0 Å². The van der Waals surface area contributed by atoms with Crippen molar-refractivity contribution in [2.75, 3.05) is 19.7 Å². The van der Waals surface area contributed by atoms with Crippen LogP contribution in [0.1, 0.15) is 46.0 Å². The number of esters is 1. The molecule has 0 aliphatic carbocycles. The largest absolute Gasteiger partial charge is 0.465 e. The van der Waals surface area contributed by atoms with E-state index >= 15 is 0 Å². The normalized spacial score (nSPS) is 26.3. The quantitative estimate of drug-likeness (QED) is 0.561. The lowest BCUT2D eigenvalue weighted by molar-refractivity contribution is -0.156. The smallest absolute Gasteiger partial charge is 0.313 e. The Labute approximate surface area is 92.6 Å². The molecule has 3 heteroatoms. The molecule has 1 atom stereocenters. The van der Waals surface area contributed by atoms with Gasteiger partial charge in [-0.05, 0) is 32.7 Å². The zero-order valence-corrected chi connectivity index (χ0v) is 9.97. The van der Waals surface area contributed by atoms with Crippen molar-refractivity contribution in [1.29, 1.82) is 0 Å². The SMILES string of the molecule is CCCCCOC(=O)C1(C)CCCNC1. The minimum absolute atomic E-state index is 0.0224. The fourth-order valence-electron chi connectivity index (χ4n) is 1.92. The molecule has 0 aromatic rings. The van der Waals surface area contributed by atoms with E-state index in [4.69, 9.17) is 4.74 Å². The van der Waals surface area contributed by atoms with Crippen molar-refractivity contribution < 1.29 is 9.53 Å². The molecule has 1 saturated heterocycles. The van der Waals surface area contributed by atoms with Gasteiger partial charge in [-0.1, -0.05) is 19.8 Å². The molecule has 0 aromatic carbocycles. The van der Waals surface area contributed by atoms with Gasteiger partial charge in [-0.25, -0.2) is 0 Å². The van der Waals surface area contributed by atoms with Crippen LogP contribution in [0.3, 0.4) is 0 Å². The topological polar surface area (TPSA) is 38.3 Å². The molecule has 1 unspecified atom stereocenters. The summed E-state index contributed by atoms with van der Waals surface area (Å²) >= 11 is 0. The first-order valence-corrected chi connectivity index (χ1v) is 6.07. The molecule has 1 aliphatic heterocycles. The average molecular weight is 213 g/mol. The number of hydrogen-bond acceptors (Lipinski definition) is 3. The van der Waals surface area contributed by atoms with E-state index in [0.717, 1.165) is 45.2 Å². The summed E-state index contributed by atoms with van der Waals surface area (Å²) in [5.41, 5.74) is -0.287. The van der Waals surface area contributed by atoms with Gasteiger partial charge in [-0.3, -0.25) is 4.79 Å². The van der Waals surface area contributed by atoms with E-state index in [9.17, 15) is 4.79 Å². The Balaban J connectivity index is 2.25. The van der Waals surface area contributed by atoms with Crippen LogP contribution < -0.4 is 5.32 Å². The molecule has 1 rings (SSSR count). The number of nitrogens with one attached hydrogen (secondary N) is 1. The summed E-state index contributed by atoms with van der Waals surface area (Å²) in [5, 5.41) is 3.26. The van der Waals surface area contributed by atoms with E-state index in [-0.39, 0.29) is 11.4 Å². The lowest BCUT2D eigenvalue weighted by Crippen LogP contribution is -2.44. The molecule has 0 radical (unpaired) electrons. The Hall–Kier alpha value is -0.570. The lowest BCUT2D eigenvalue weighted by Gasteiger charge is -2.31. The van der Waals surface area contributed by atoms with Gasteiger partial charge in [-0.15, -0.1) is 0 Å². The van der Waals surface area contributed by atoms with Crippen molar-refractivity contribution >= 4 is 5.97 Å². The predicted octanol–water partition coefficient (Wildman–Crippen LogP) is 2.11. The maximum atomic E-state index is 11.8. The standard InChI is InChI=1S/C12H23NO2/c1-3-4-5-9-15-11(14)12(2)7-6-8-13-10-12/h13H,3-10H2,1-2H3. The molecule has 88 valence electrons. The first-order chi connectivity index (χ1) is 7.19. The zero-order chi connectivity index (χ0) is 11.1. The summed E-state index contributed by atoms with van der Waals surface area (Å²) in [6, 6.07) is 0. The summed E-state index contributed by atoms with van der Waals surface area (Å²) in [6.07, 6.45) is 5.32. The monoisotopic (exact) mass is 213 g/mol. The number of unbranched alkanes of at least 4 members (excludes halogenated alkanes) is 2.